The SMILES string of the molecule is OCC1O[C@@H](c2ccc(Cl)c(Cc3ccc(O)cc3)c2)[C@H](O)C(O)[C@@H]1O. The highest BCUT2D eigenvalue weighted by molar-refractivity contribution is 6.31. The van der Waals surface area contributed by atoms with Crippen molar-refractivity contribution in [3.05, 3.63) is 64.2 Å². The summed E-state index contributed by atoms with van der Waals surface area (Å²) in [5.74, 6) is 0.176. The van der Waals surface area contributed by atoms with Crippen molar-refractivity contribution < 1.29 is 30.3 Å². The van der Waals surface area contributed by atoms with Crippen LogP contribution in [-0.4, -0.2) is 56.6 Å². The van der Waals surface area contributed by atoms with Crippen molar-refractivity contribution in [1.82, 2.24) is 0 Å². The Morgan fingerprint density at radius 3 is 2.27 bits per heavy atom. The summed E-state index contributed by atoms with van der Waals surface area (Å²) >= 11 is 6.28. The normalized spacial score (nSPS) is 28.9. The van der Waals surface area contributed by atoms with Crippen molar-refractivity contribution in [3.63, 3.8) is 0 Å². The topological polar surface area (TPSA) is 110 Å². The van der Waals surface area contributed by atoms with E-state index in [0.717, 1.165) is 11.1 Å². The minimum atomic E-state index is -1.43. The molecule has 1 fully saturated rings. The van der Waals surface area contributed by atoms with Gasteiger partial charge >= 0.3 is 0 Å². The molecule has 0 saturated carbocycles. The van der Waals surface area contributed by atoms with E-state index in [1.165, 1.54) is 0 Å². The lowest BCUT2D eigenvalue weighted by atomic mass is 9.90. The number of rotatable bonds is 4. The van der Waals surface area contributed by atoms with Crippen LogP contribution in [0.5, 0.6) is 5.75 Å². The van der Waals surface area contributed by atoms with Crippen LogP contribution in [0.2, 0.25) is 5.02 Å². The summed E-state index contributed by atoms with van der Waals surface area (Å²) in [5.41, 5.74) is 2.31. The van der Waals surface area contributed by atoms with Gasteiger partial charge in [-0.3, -0.25) is 0 Å². The molecule has 7 heteroatoms. The number of aromatic hydroxyl groups is 1. The van der Waals surface area contributed by atoms with Gasteiger partial charge in [0.05, 0.1) is 6.61 Å². The molecule has 6 nitrogen and oxygen atoms in total. The van der Waals surface area contributed by atoms with Crippen molar-refractivity contribution in [2.75, 3.05) is 6.61 Å². The zero-order chi connectivity index (χ0) is 18.8. The highest BCUT2D eigenvalue weighted by Crippen LogP contribution is 2.34. The van der Waals surface area contributed by atoms with E-state index < -0.39 is 37.1 Å². The zero-order valence-electron chi connectivity index (χ0n) is 13.9. The predicted molar refractivity (Wildman–Crippen MR) is 95.1 cm³/mol. The lowest BCUT2D eigenvalue weighted by Gasteiger charge is -2.40. The van der Waals surface area contributed by atoms with E-state index >= 15 is 0 Å². The average Bonchev–Trinajstić information content (AvgIpc) is 2.64. The quantitative estimate of drug-likeness (QED) is 0.544. The zero-order valence-corrected chi connectivity index (χ0v) is 14.6. The Balaban J connectivity index is 1.87. The number of aliphatic hydroxyl groups excluding tert-OH is 4. The third-order valence-electron chi connectivity index (χ3n) is 4.62. The fourth-order valence-corrected chi connectivity index (χ4v) is 3.30. The number of hydrogen-bond acceptors (Lipinski definition) is 6. The van der Waals surface area contributed by atoms with Crippen molar-refractivity contribution >= 4 is 11.6 Å². The first-order valence-corrected chi connectivity index (χ1v) is 8.65. The van der Waals surface area contributed by atoms with Crippen molar-refractivity contribution in [2.24, 2.45) is 0 Å². The van der Waals surface area contributed by atoms with Crippen molar-refractivity contribution in [2.45, 2.75) is 36.9 Å². The van der Waals surface area contributed by atoms with Crippen LogP contribution in [0.15, 0.2) is 42.5 Å². The summed E-state index contributed by atoms with van der Waals surface area (Å²) in [7, 11) is 0. The number of phenolic OH excluding ortho intramolecular Hbond substituents is 1. The van der Waals surface area contributed by atoms with Crippen LogP contribution in [-0.2, 0) is 11.2 Å². The minimum Gasteiger partial charge on any atom is -0.508 e. The molecule has 2 unspecified atom stereocenters. The maximum atomic E-state index is 10.3. The highest BCUT2D eigenvalue weighted by atomic mass is 35.5. The van der Waals surface area contributed by atoms with Gasteiger partial charge in [-0.2, -0.15) is 0 Å². The van der Waals surface area contributed by atoms with E-state index in [1.807, 2.05) is 0 Å². The molecule has 1 aliphatic rings. The summed E-state index contributed by atoms with van der Waals surface area (Å²) in [6.07, 6.45) is -5.52. The molecule has 0 bridgehead atoms. The Bertz CT molecular complexity index is 748. The van der Waals surface area contributed by atoms with E-state index in [1.54, 1.807) is 42.5 Å². The number of phenols is 1. The summed E-state index contributed by atoms with van der Waals surface area (Å²) in [6, 6.07) is 11.9. The molecular weight excluding hydrogens is 360 g/mol. The number of halogens is 1. The molecule has 1 saturated heterocycles. The maximum Gasteiger partial charge on any atom is 0.115 e. The molecule has 0 aromatic heterocycles. The average molecular weight is 381 g/mol. The standard InChI is InChI=1S/C19H21ClO6/c20-14-6-3-11(8-12(14)7-10-1-4-13(22)5-2-10)19-18(25)17(24)16(23)15(9-21)26-19/h1-6,8,15-19,21-25H,7,9H2/t15?,16-,17?,18-,19+/m1/s1. The predicted octanol–water partition coefficient (Wildman–Crippen LogP) is 1.15. The first-order chi connectivity index (χ1) is 12.4. The van der Waals surface area contributed by atoms with E-state index in [4.69, 9.17) is 16.3 Å². The Morgan fingerprint density at radius 2 is 1.62 bits per heavy atom. The molecule has 0 aliphatic carbocycles. The Morgan fingerprint density at radius 1 is 0.923 bits per heavy atom. The summed E-state index contributed by atoms with van der Waals surface area (Å²) in [6.45, 7) is -0.477. The van der Waals surface area contributed by atoms with Gasteiger partial charge in [-0.15, -0.1) is 0 Å². The second-order valence-electron chi connectivity index (χ2n) is 6.44. The van der Waals surface area contributed by atoms with Crippen LogP contribution < -0.4 is 0 Å². The van der Waals surface area contributed by atoms with Crippen LogP contribution in [0.1, 0.15) is 22.8 Å². The molecule has 140 valence electrons. The minimum absolute atomic E-state index is 0.176. The highest BCUT2D eigenvalue weighted by Gasteiger charge is 2.43. The largest absolute Gasteiger partial charge is 0.508 e. The van der Waals surface area contributed by atoms with Crippen LogP contribution in [0.4, 0.5) is 0 Å². The molecule has 2 aromatic carbocycles. The van der Waals surface area contributed by atoms with E-state index in [0.29, 0.717) is 17.0 Å². The molecule has 0 radical (unpaired) electrons. The van der Waals surface area contributed by atoms with Gasteiger partial charge in [0.1, 0.15) is 36.3 Å². The first-order valence-electron chi connectivity index (χ1n) is 8.27. The van der Waals surface area contributed by atoms with Gasteiger partial charge in [-0.25, -0.2) is 0 Å². The number of hydrogen-bond donors (Lipinski definition) is 5. The molecule has 3 rings (SSSR count). The second-order valence-corrected chi connectivity index (χ2v) is 6.85. The van der Waals surface area contributed by atoms with E-state index in [2.05, 4.69) is 0 Å². The third kappa shape index (κ3) is 3.86. The second kappa shape index (κ2) is 7.92. The third-order valence-corrected chi connectivity index (χ3v) is 4.99. The van der Waals surface area contributed by atoms with Crippen LogP contribution in [0, 0.1) is 0 Å². The lowest BCUT2D eigenvalue weighted by molar-refractivity contribution is -0.231. The van der Waals surface area contributed by atoms with E-state index in [-0.39, 0.29) is 5.75 Å². The number of ether oxygens (including phenoxy) is 1. The molecule has 5 atom stereocenters. The van der Waals surface area contributed by atoms with Gasteiger partial charge in [0.15, 0.2) is 0 Å². The van der Waals surface area contributed by atoms with Gasteiger partial charge in [0.25, 0.3) is 0 Å². The lowest BCUT2D eigenvalue weighted by Crippen LogP contribution is -2.55. The van der Waals surface area contributed by atoms with Crippen LogP contribution in [0.25, 0.3) is 0 Å². The summed E-state index contributed by atoms with van der Waals surface area (Å²) in [4.78, 5) is 0. The summed E-state index contributed by atoms with van der Waals surface area (Å²) < 4.78 is 5.59. The molecule has 5 N–H and O–H groups in total. The van der Waals surface area contributed by atoms with Gasteiger partial charge in [-0.05, 0) is 41.3 Å². The molecule has 1 heterocycles. The molecule has 1 aliphatic heterocycles. The molecule has 0 spiro atoms. The molecule has 26 heavy (non-hydrogen) atoms. The number of aliphatic hydroxyl groups is 4. The summed E-state index contributed by atoms with van der Waals surface area (Å²) in [5, 5.41) is 49.4. The van der Waals surface area contributed by atoms with Gasteiger partial charge in [-0.1, -0.05) is 35.9 Å². The smallest absolute Gasteiger partial charge is 0.115 e. The molecule has 2 aromatic rings. The monoisotopic (exact) mass is 380 g/mol. The fourth-order valence-electron chi connectivity index (χ4n) is 3.12. The van der Waals surface area contributed by atoms with Crippen molar-refractivity contribution in [1.29, 1.82) is 0 Å². The number of benzene rings is 2. The Labute approximate surface area is 155 Å². The fraction of sp³-hybridized carbons (Fsp3) is 0.368. The Kier molecular flexibility index (Phi) is 5.82. The molecule has 0 amide bonds. The first kappa shape index (κ1) is 19.1. The van der Waals surface area contributed by atoms with Gasteiger partial charge < -0.3 is 30.3 Å². The van der Waals surface area contributed by atoms with Crippen LogP contribution in [0.3, 0.4) is 0 Å². The maximum absolute atomic E-state index is 10.3. The van der Waals surface area contributed by atoms with Gasteiger partial charge in [0.2, 0.25) is 0 Å². The Hall–Kier alpha value is -1.67. The van der Waals surface area contributed by atoms with Gasteiger partial charge in [0, 0.05) is 5.02 Å². The van der Waals surface area contributed by atoms with E-state index in [9.17, 15) is 25.5 Å². The molecular formula is C19H21ClO6. The van der Waals surface area contributed by atoms with Crippen LogP contribution >= 0.6 is 11.6 Å². The van der Waals surface area contributed by atoms with Crippen molar-refractivity contribution in [3.8, 4) is 5.75 Å².